The zero-order valence-electron chi connectivity index (χ0n) is 18.5. The average molecular weight is 458 g/mol. The Morgan fingerprint density at radius 2 is 1.91 bits per heavy atom. The summed E-state index contributed by atoms with van der Waals surface area (Å²) in [6, 6.07) is 7.22. The number of nitrogens with zero attached hydrogens (tertiary/aromatic N) is 1. The molecule has 0 amide bonds. The lowest BCUT2D eigenvalue weighted by atomic mass is 9.99. The van der Waals surface area contributed by atoms with E-state index in [4.69, 9.17) is 14.2 Å². The van der Waals surface area contributed by atoms with Crippen LogP contribution in [0, 0.1) is 33.7 Å². The minimum absolute atomic E-state index is 0.0148. The van der Waals surface area contributed by atoms with Gasteiger partial charge in [0.15, 0.2) is 23.1 Å². The van der Waals surface area contributed by atoms with Crippen LogP contribution in [0.1, 0.15) is 30.9 Å². The highest BCUT2D eigenvalue weighted by atomic mass is 19.1. The van der Waals surface area contributed by atoms with E-state index in [1.54, 1.807) is 7.11 Å². The summed E-state index contributed by atoms with van der Waals surface area (Å²) in [4.78, 5) is 10.2. The monoisotopic (exact) mass is 457 g/mol. The second-order valence-corrected chi connectivity index (χ2v) is 9.11. The summed E-state index contributed by atoms with van der Waals surface area (Å²) in [6.07, 6.45) is 2.59. The minimum atomic E-state index is -0.757. The molecule has 0 radical (unpaired) electrons. The second kappa shape index (κ2) is 9.05. The maximum Gasteiger partial charge on any atom is 0.272 e. The molecule has 176 valence electrons. The molecule has 1 saturated carbocycles. The van der Waals surface area contributed by atoms with E-state index in [2.05, 4.69) is 10.6 Å². The molecule has 8 nitrogen and oxygen atoms in total. The van der Waals surface area contributed by atoms with Crippen LogP contribution in [0.25, 0.3) is 0 Å². The van der Waals surface area contributed by atoms with Crippen LogP contribution in [0.5, 0.6) is 17.2 Å². The zero-order chi connectivity index (χ0) is 22.9. The molecular formula is C24H28FN3O5. The molecule has 3 aliphatic rings. The Hall–Kier alpha value is -3.07. The summed E-state index contributed by atoms with van der Waals surface area (Å²) in [5, 5.41) is 17.7. The molecule has 0 bridgehead atoms. The van der Waals surface area contributed by atoms with Crippen molar-refractivity contribution < 1.29 is 23.5 Å². The number of hydrogen-bond acceptors (Lipinski definition) is 7. The number of benzene rings is 2. The molecule has 2 fully saturated rings. The third kappa shape index (κ3) is 4.42. The van der Waals surface area contributed by atoms with Crippen LogP contribution < -0.4 is 24.8 Å². The van der Waals surface area contributed by atoms with Crippen molar-refractivity contribution in [1.82, 2.24) is 5.32 Å². The zero-order valence-corrected chi connectivity index (χ0v) is 18.5. The predicted octanol–water partition coefficient (Wildman–Crippen LogP) is 4.30. The molecule has 0 aromatic heterocycles. The Balaban J connectivity index is 1.31. The fraction of sp³-hybridized carbons (Fsp3) is 0.500. The van der Waals surface area contributed by atoms with E-state index in [9.17, 15) is 14.5 Å². The van der Waals surface area contributed by atoms with Crippen LogP contribution in [0.15, 0.2) is 30.3 Å². The van der Waals surface area contributed by atoms with E-state index in [1.165, 1.54) is 25.0 Å². The average Bonchev–Trinajstić information content (AvgIpc) is 3.40. The predicted molar refractivity (Wildman–Crippen MR) is 121 cm³/mol. The standard InChI is InChI=1S/C24H28FN3O5/c1-31-23-9-18-20(10-24(23)32-13-14-6-15-11-26-12-16(15)7-14)27-5-4-21(18)33-22-3-2-17(28(29)30)8-19(22)25/h2-3,8-10,14-16,21,26-27H,4-7,11-13H2,1H3. The molecule has 3 atom stereocenters. The largest absolute Gasteiger partial charge is 0.493 e. The van der Waals surface area contributed by atoms with Crippen LogP contribution in [-0.4, -0.2) is 38.3 Å². The van der Waals surface area contributed by atoms with Crippen molar-refractivity contribution in [2.45, 2.75) is 25.4 Å². The topological polar surface area (TPSA) is 94.9 Å². The molecule has 2 heterocycles. The highest BCUT2D eigenvalue weighted by Crippen LogP contribution is 2.43. The Morgan fingerprint density at radius 3 is 2.61 bits per heavy atom. The maximum atomic E-state index is 14.4. The lowest BCUT2D eigenvalue weighted by Crippen LogP contribution is -2.21. The third-order valence-electron chi connectivity index (χ3n) is 7.03. The van der Waals surface area contributed by atoms with Crippen molar-refractivity contribution in [3.8, 4) is 17.2 Å². The number of nitro groups is 1. The van der Waals surface area contributed by atoms with Gasteiger partial charge in [-0.05, 0) is 55.8 Å². The van der Waals surface area contributed by atoms with E-state index in [1.807, 2.05) is 12.1 Å². The number of nitro benzene ring substituents is 1. The Morgan fingerprint density at radius 1 is 1.12 bits per heavy atom. The van der Waals surface area contributed by atoms with E-state index in [-0.39, 0.29) is 11.4 Å². The number of anilines is 1. The summed E-state index contributed by atoms with van der Waals surface area (Å²) in [6.45, 7) is 3.54. The molecule has 2 aliphatic heterocycles. The fourth-order valence-corrected chi connectivity index (χ4v) is 5.37. The Kier molecular flexibility index (Phi) is 5.97. The molecule has 0 spiro atoms. The third-order valence-corrected chi connectivity index (χ3v) is 7.03. The van der Waals surface area contributed by atoms with Crippen molar-refractivity contribution in [2.75, 3.05) is 38.7 Å². The highest BCUT2D eigenvalue weighted by Gasteiger charge is 2.37. The van der Waals surface area contributed by atoms with E-state index < -0.39 is 16.8 Å². The first kappa shape index (κ1) is 21.8. The first-order valence-electron chi connectivity index (χ1n) is 11.4. The van der Waals surface area contributed by atoms with E-state index >= 15 is 0 Å². The van der Waals surface area contributed by atoms with Crippen molar-refractivity contribution in [1.29, 1.82) is 0 Å². The molecule has 5 rings (SSSR count). The van der Waals surface area contributed by atoms with Gasteiger partial charge in [0.1, 0.15) is 6.10 Å². The van der Waals surface area contributed by atoms with Crippen molar-refractivity contribution in [3.63, 3.8) is 0 Å². The van der Waals surface area contributed by atoms with Crippen molar-refractivity contribution >= 4 is 11.4 Å². The SMILES string of the molecule is COc1cc2c(cc1OCC1CC3CNCC3C1)NCCC2Oc1ccc([N+](=O)[O-])cc1F. The van der Waals surface area contributed by atoms with Gasteiger partial charge in [0, 0.05) is 36.3 Å². The number of nitrogens with one attached hydrogen (secondary N) is 2. The molecule has 2 aromatic rings. The van der Waals surface area contributed by atoms with Gasteiger partial charge in [-0.2, -0.15) is 0 Å². The number of halogens is 1. The normalized spacial score (nSPS) is 25.6. The number of hydrogen-bond donors (Lipinski definition) is 2. The molecular weight excluding hydrogens is 429 g/mol. The molecule has 9 heteroatoms. The van der Waals surface area contributed by atoms with Crippen LogP contribution in [0.3, 0.4) is 0 Å². The molecule has 33 heavy (non-hydrogen) atoms. The van der Waals surface area contributed by atoms with E-state index in [0.717, 1.165) is 42.2 Å². The lowest BCUT2D eigenvalue weighted by Gasteiger charge is -2.29. The van der Waals surface area contributed by atoms with Gasteiger partial charge in [0.2, 0.25) is 0 Å². The minimum Gasteiger partial charge on any atom is -0.493 e. The van der Waals surface area contributed by atoms with Gasteiger partial charge < -0.3 is 24.8 Å². The quantitative estimate of drug-likeness (QED) is 0.473. The molecule has 1 saturated heterocycles. The van der Waals surface area contributed by atoms with Crippen LogP contribution in [0.2, 0.25) is 0 Å². The van der Waals surface area contributed by atoms with Crippen molar-refractivity contribution in [3.05, 3.63) is 51.8 Å². The van der Waals surface area contributed by atoms with Crippen molar-refractivity contribution in [2.24, 2.45) is 17.8 Å². The molecule has 3 unspecified atom stereocenters. The first-order valence-corrected chi connectivity index (χ1v) is 11.4. The number of non-ortho nitro benzene ring substituents is 1. The summed E-state index contributed by atoms with van der Waals surface area (Å²) in [7, 11) is 1.60. The van der Waals surface area contributed by atoms with Gasteiger partial charge in [0.25, 0.3) is 5.69 Å². The number of rotatable bonds is 7. The first-order chi connectivity index (χ1) is 16.0. The van der Waals surface area contributed by atoms with Gasteiger partial charge in [-0.1, -0.05) is 0 Å². The van der Waals surface area contributed by atoms with Gasteiger partial charge in [0.05, 0.1) is 24.7 Å². The molecule has 2 N–H and O–H groups in total. The van der Waals surface area contributed by atoms with Gasteiger partial charge in [-0.3, -0.25) is 10.1 Å². The summed E-state index contributed by atoms with van der Waals surface area (Å²) < 4.78 is 32.1. The van der Waals surface area contributed by atoms with Gasteiger partial charge in [-0.25, -0.2) is 4.39 Å². The number of ether oxygens (including phenoxy) is 3. The second-order valence-electron chi connectivity index (χ2n) is 9.11. The fourth-order valence-electron chi connectivity index (χ4n) is 5.37. The molecule has 1 aliphatic carbocycles. The highest BCUT2D eigenvalue weighted by molar-refractivity contribution is 5.63. The van der Waals surface area contributed by atoms with Crippen LogP contribution >= 0.6 is 0 Å². The lowest BCUT2D eigenvalue weighted by molar-refractivity contribution is -0.385. The Bertz CT molecular complexity index is 1040. The summed E-state index contributed by atoms with van der Waals surface area (Å²) in [5.74, 6) is 2.60. The van der Waals surface area contributed by atoms with Crippen LogP contribution in [-0.2, 0) is 0 Å². The Labute approximate surface area is 191 Å². The summed E-state index contributed by atoms with van der Waals surface area (Å²) >= 11 is 0. The smallest absolute Gasteiger partial charge is 0.272 e. The molecule has 2 aromatic carbocycles. The maximum absolute atomic E-state index is 14.4. The van der Waals surface area contributed by atoms with Gasteiger partial charge >= 0.3 is 0 Å². The van der Waals surface area contributed by atoms with Crippen LogP contribution in [0.4, 0.5) is 15.8 Å². The summed E-state index contributed by atoms with van der Waals surface area (Å²) in [5.41, 5.74) is 1.39. The van der Waals surface area contributed by atoms with Gasteiger partial charge in [-0.15, -0.1) is 0 Å². The number of fused-ring (bicyclic) bond motifs is 2. The number of methoxy groups -OCH3 is 1. The van der Waals surface area contributed by atoms with E-state index in [0.29, 0.717) is 37.0 Å².